The van der Waals surface area contributed by atoms with E-state index < -0.39 is 6.10 Å². The second-order valence-corrected chi connectivity index (χ2v) is 6.53. The summed E-state index contributed by atoms with van der Waals surface area (Å²) in [5.41, 5.74) is 8.27. The molecule has 6 nitrogen and oxygen atoms in total. The van der Waals surface area contributed by atoms with E-state index in [4.69, 9.17) is 10.5 Å². The number of nitrogens with zero attached hydrogens (tertiary/aromatic N) is 1. The van der Waals surface area contributed by atoms with Crippen LogP contribution in [0.3, 0.4) is 0 Å². The fourth-order valence-corrected chi connectivity index (χ4v) is 3.28. The van der Waals surface area contributed by atoms with Gasteiger partial charge < -0.3 is 20.8 Å². The Hall–Kier alpha value is -1.34. The van der Waals surface area contributed by atoms with Gasteiger partial charge in [-0.1, -0.05) is 6.42 Å². The number of imidazole rings is 1. The minimum atomic E-state index is -0.397. The van der Waals surface area contributed by atoms with Gasteiger partial charge in [-0.05, 0) is 43.9 Å². The molecule has 138 valence electrons. The van der Waals surface area contributed by atoms with Crippen LogP contribution in [0.1, 0.15) is 43.8 Å². The minimum absolute atomic E-state index is 0. The number of nitrogens with two attached hydrogens (primary N) is 1. The van der Waals surface area contributed by atoms with Crippen molar-refractivity contribution in [3.05, 3.63) is 24.0 Å². The Morgan fingerprint density at radius 2 is 2.08 bits per heavy atom. The molecule has 1 saturated carbocycles. The van der Waals surface area contributed by atoms with E-state index in [1.807, 2.05) is 18.2 Å². The van der Waals surface area contributed by atoms with Gasteiger partial charge in [-0.2, -0.15) is 0 Å². The van der Waals surface area contributed by atoms with Crippen LogP contribution in [0.15, 0.2) is 18.2 Å². The third-order valence-corrected chi connectivity index (χ3v) is 4.92. The van der Waals surface area contributed by atoms with Gasteiger partial charge >= 0.3 is 0 Å². The predicted octanol–water partition coefficient (Wildman–Crippen LogP) is 3.12. The van der Waals surface area contributed by atoms with Crippen LogP contribution in [0.2, 0.25) is 0 Å². The molecular weight excluding hydrogens is 363 g/mol. The lowest BCUT2D eigenvalue weighted by molar-refractivity contribution is -0.126. The SMILES string of the molecule is Cl.Cl.NC[C@H]1CC[C@@H](C(=O)Nc2ccc3nc(C4CCC4)[nH]c3c2)O1. The van der Waals surface area contributed by atoms with Crippen molar-refractivity contribution < 1.29 is 9.53 Å². The van der Waals surface area contributed by atoms with Gasteiger partial charge in [0.05, 0.1) is 17.1 Å². The van der Waals surface area contributed by atoms with Gasteiger partial charge in [-0.15, -0.1) is 24.8 Å². The average molecular weight is 387 g/mol. The third-order valence-electron chi connectivity index (χ3n) is 4.92. The lowest BCUT2D eigenvalue weighted by atomic mass is 9.85. The van der Waals surface area contributed by atoms with Crippen LogP contribution in [-0.4, -0.2) is 34.6 Å². The molecule has 8 heteroatoms. The Kier molecular flexibility index (Phi) is 6.68. The zero-order valence-corrected chi connectivity index (χ0v) is 15.5. The van der Waals surface area contributed by atoms with Crippen molar-refractivity contribution in [3.63, 3.8) is 0 Å². The van der Waals surface area contributed by atoms with Crippen LogP contribution in [0.5, 0.6) is 0 Å². The van der Waals surface area contributed by atoms with Crippen LogP contribution >= 0.6 is 24.8 Å². The third kappa shape index (κ3) is 4.08. The number of amides is 1. The van der Waals surface area contributed by atoms with E-state index in [2.05, 4.69) is 15.3 Å². The maximum Gasteiger partial charge on any atom is 0.253 e. The van der Waals surface area contributed by atoms with Gasteiger partial charge in [0.15, 0.2) is 0 Å². The molecule has 2 aromatic rings. The van der Waals surface area contributed by atoms with Crippen molar-refractivity contribution in [3.8, 4) is 0 Å². The fraction of sp³-hybridized carbons (Fsp3) is 0.529. The van der Waals surface area contributed by atoms with Crippen molar-refractivity contribution in [2.75, 3.05) is 11.9 Å². The Bertz CT molecular complexity index is 733. The van der Waals surface area contributed by atoms with E-state index in [0.29, 0.717) is 12.5 Å². The lowest BCUT2D eigenvalue weighted by Gasteiger charge is -2.22. The summed E-state index contributed by atoms with van der Waals surface area (Å²) in [6.07, 6.45) is 4.89. The Labute approximate surface area is 159 Å². The Morgan fingerprint density at radius 1 is 1.28 bits per heavy atom. The number of fused-ring (bicyclic) bond motifs is 1. The fourth-order valence-electron chi connectivity index (χ4n) is 3.28. The van der Waals surface area contributed by atoms with E-state index in [1.165, 1.54) is 19.3 Å². The zero-order valence-electron chi connectivity index (χ0n) is 13.9. The number of halogens is 2. The summed E-state index contributed by atoms with van der Waals surface area (Å²) in [5, 5.41) is 2.93. The van der Waals surface area contributed by atoms with Crippen molar-refractivity contribution in [1.29, 1.82) is 0 Å². The maximum atomic E-state index is 12.3. The largest absolute Gasteiger partial charge is 0.364 e. The molecule has 2 fully saturated rings. The Balaban J connectivity index is 0.00000113. The quantitative estimate of drug-likeness (QED) is 0.752. The molecule has 1 amide bonds. The molecule has 2 aliphatic rings. The smallest absolute Gasteiger partial charge is 0.253 e. The first-order valence-electron chi connectivity index (χ1n) is 8.39. The molecule has 1 aromatic carbocycles. The number of hydrogen-bond donors (Lipinski definition) is 3. The van der Waals surface area contributed by atoms with Gasteiger partial charge in [0, 0.05) is 18.2 Å². The van der Waals surface area contributed by atoms with E-state index in [-0.39, 0.29) is 36.8 Å². The number of aromatic amines is 1. The number of aromatic nitrogens is 2. The summed E-state index contributed by atoms with van der Waals surface area (Å²) < 4.78 is 5.63. The Morgan fingerprint density at radius 3 is 2.72 bits per heavy atom. The molecule has 1 saturated heterocycles. The number of ether oxygens (including phenoxy) is 1. The first kappa shape index (κ1) is 20.0. The van der Waals surface area contributed by atoms with Crippen molar-refractivity contribution in [2.45, 2.75) is 50.2 Å². The van der Waals surface area contributed by atoms with Gasteiger partial charge in [0.1, 0.15) is 11.9 Å². The minimum Gasteiger partial charge on any atom is -0.364 e. The number of carbonyl (C=O) groups is 1. The van der Waals surface area contributed by atoms with E-state index >= 15 is 0 Å². The molecule has 1 aliphatic carbocycles. The molecule has 2 atom stereocenters. The molecule has 1 aromatic heterocycles. The highest BCUT2D eigenvalue weighted by Gasteiger charge is 2.30. The molecular formula is C17H24Cl2N4O2. The van der Waals surface area contributed by atoms with Gasteiger partial charge in [0.25, 0.3) is 5.91 Å². The second-order valence-electron chi connectivity index (χ2n) is 6.53. The van der Waals surface area contributed by atoms with E-state index in [9.17, 15) is 4.79 Å². The monoisotopic (exact) mass is 386 g/mol. The summed E-state index contributed by atoms with van der Waals surface area (Å²) in [6.45, 7) is 0.466. The highest BCUT2D eigenvalue weighted by molar-refractivity contribution is 5.96. The highest BCUT2D eigenvalue weighted by atomic mass is 35.5. The van der Waals surface area contributed by atoms with Crippen molar-refractivity contribution in [2.24, 2.45) is 5.73 Å². The summed E-state index contributed by atoms with van der Waals surface area (Å²) in [4.78, 5) is 20.3. The molecule has 0 spiro atoms. The average Bonchev–Trinajstić information content (AvgIpc) is 3.11. The first-order chi connectivity index (χ1) is 11.2. The normalized spacial score (nSPS) is 22.8. The van der Waals surface area contributed by atoms with Crippen molar-refractivity contribution >= 4 is 47.4 Å². The topological polar surface area (TPSA) is 93.0 Å². The van der Waals surface area contributed by atoms with Crippen molar-refractivity contribution in [1.82, 2.24) is 9.97 Å². The number of nitrogens with one attached hydrogen (secondary N) is 2. The summed E-state index contributed by atoms with van der Waals surface area (Å²) in [6, 6.07) is 5.78. The molecule has 4 N–H and O–H groups in total. The summed E-state index contributed by atoms with van der Waals surface area (Å²) in [5.74, 6) is 1.54. The standard InChI is InChI=1S/C17H22N4O2.2ClH/c18-9-12-5-7-15(23-12)17(22)19-11-4-6-13-14(8-11)21-16(20-13)10-2-1-3-10;;/h4,6,8,10,12,15H,1-3,5,7,9,18H2,(H,19,22)(H,20,21);2*1H/t12-,15+;;/m1../s1. The zero-order chi connectivity index (χ0) is 15.8. The van der Waals surface area contributed by atoms with Gasteiger partial charge in [0.2, 0.25) is 0 Å². The molecule has 0 bridgehead atoms. The predicted molar refractivity (Wildman–Crippen MR) is 103 cm³/mol. The summed E-state index contributed by atoms with van der Waals surface area (Å²) >= 11 is 0. The number of rotatable bonds is 4. The van der Waals surface area contributed by atoms with Crippen LogP contribution in [0.4, 0.5) is 5.69 Å². The van der Waals surface area contributed by atoms with E-state index in [1.54, 1.807) is 0 Å². The number of H-pyrrole nitrogens is 1. The molecule has 25 heavy (non-hydrogen) atoms. The summed E-state index contributed by atoms with van der Waals surface area (Å²) in [7, 11) is 0. The van der Waals surface area contributed by atoms with Crippen LogP contribution in [0, 0.1) is 0 Å². The lowest BCUT2D eigenvalue weighted by Crippen LogP contribution is -2.29. The number of anilines is 1. The molecule has 0 unspecified atom stereocenters. The molecule has 0 radical (unpaired) electrons. The first-order valence-corrected chi connectivity index (χ1v) is 8.39. The molecule has 1 aliphatic heterocycles. The second kappa shape index (κ2) is 8.36. The molecule has 2 heterocycles. The van der Waals surface area contributed by atoms with E-state index in [0.717, 1.165) is 35.4 Å². The van der Waals surface area contributed by atoms with Gasteiger partial charge in [-0.25, -0.2) is 4.98 Å². The van der Waals surface area contributed by atoms with Crippen LogP contribution in [0.25, 0.3) is 11.0 Å². The number of hydrogen-bond acceptors (Lipinski definition) is 4. The van der Waals surface area contributed by atoms with Crippen LogP contribution in [-0.2, 0) is 9.53 Å². The van der Waals surface area contributed by atoms with Gasteiger partial charge in [-0.3, -0.25) is 4.79 Å². The molecule has 4 rings (SSSR count). The maximum absolute atomic E-state index is 12.3. The number of benzene rings is 1. The van der Waals surface area contributed by atoms with Crippen LogP contribution < -0.4 is 11.1 Å². The highest BCUT2D eigenvalue weighted by Crippen LogP contribution is 2.35. The number of carbonyl (C=O) groups excluding carboxylic acids is 1.